The Balaban J connectivity index is 2.44. The van der Waals surface area contributed by atoms with Gasteiger partial charge in [-0.15, -0.1) is 0 Å². The van der Waals surface area contributed by atoms with E-state index in [0.717, 1.165) is 16.9 Å². The number of hydrogen-bond acceptors (Lipinski definition) is 3. The van der Waals surface area contributed by atoms with Crippen molar-refractivity contribution in [1.29, 1.82) is 10.5 Å². The number of hydrogen-bond donors (Lipinski definition) is 0. The monoisotopic (exact) mass is 247 g/mol. The molecule has 92 valence electrons. The van der Waals surface area contributed by atoms with Gasteiger partial charge in [0.1, 0.15) is 6.07 Å². The van der Waals surface area contributed by atoms with Gasteiger partial charge in [0.15, 0.2) is 0 Å². The first-order valence-electron chi connectivity index (χ1n) is 5.90. The van der Waals surface area contributed by atoms with Crippen LogP contribution in [-0.2, 0) is 0 Å². The Labute approximate surface area is 112 Å². The second kappa shape index (κ2) is 5.25. The van der Waals surface area contributed by atoms with Crippen LogP contribution in [0, 0.1) is 29.6 Å². The Kier molecular flexibility index (Phi) is 3.50. The van der Waals surface area contributed by atoms with Crippen molar-refractivity contribution in [2.45, 2.75) is 6.92 Å². The van der Waals surface area contributed by atoms with Crippen molar-refractivity contribution in [3.8, 4) is 12.1 Å². The van der Waals surface area contributed by atoms with E-state index in [0.29, 0.717) is 11.1 Å². The van der Waals surface area contributed by atoms with Crippen LogP contribution < -0.4 is 4.90 Å². The molecule has 2 aromatic rings. The minimum absolute atomic E-state index is 0.627. The molecule has 0 saturated carbocycles. The van der Waals surface area contributed by atoms with Gasteiger partial charge in [-0.05, 0) is 48.9 Å². The van der Waals surface area contributed by atoms with Gasteiger partial charge >= 0.3 is 0 Å². The van der Waals surface area contributed by atoms with Crippen LogP contribution in [0.25, 0.3) is 0 Å². The maximum atomic E-state index is 9.17. The van der Waals surface area contributed by atoms with Gasteiger partial charge in [0, 0.05) is 12.7 Å². The van der Waals surface area contributed by atoms with E-state index in [1.807, 2.05) is 49.2 Å². The molecule has 19 heavy (non-hydrogen) atoms. The molecular weight excluding hydrogens is 234 g/mol. The Morgan fingerprint density at radius 3 is 2.21 bits per heavy atom. The molecule has 0 aliphatic carbocycles. The first kappa shape index (κ1) is 12.7. The zero-order chi connectivity index (χ0) is 13.8. The molecule has 3 nitrogen and oxygen atoms in total. The molecule has 0 amide bonds. The summed E-state index contributed by atoms with van der Waals surface area (Å²) in [6.45, 7) is 2.00. The van der Waals surface area contributed by atoms with Gasteiger partial charge in [0.25, 0.3) is 0 Å². The Hall–Kier alpha value is -2.78. The van der Waals surface area contributed by atoms with Crippen molar-refractivity contribution in [3.63, 3.8) is 0 Å². The second-order valence-corrected chi connectivity index (χ2v) is 4.35. The van der Waals surface area contributed by atoms with Crippen molar-refractivity contribution >= 4 is 11.4 Å². The van der Waals surface area contributed by atoms with Crippen LogP contribution in [0.1, 0.15) is 16.7 Å². The largest absolute Gasteiger partial charge is 0.344 e. The number of nitrogens with zero attached hydrogens (tertiary/aromatic N) is 3. The van der Waals surface area contributed by atoms with Crippen molar-refractivity contribution in [2.75, 3.05) is 11.9 Å². The van der Waals surface area contributed by atoms with Gasteiger partial charge in [0.05, 0.1) is 22.9 Å². The Morgan fingerprint density at radius 1 is 0.947 bits per heavy atom. The molecule has 0 spiro atoms. The number of benzene rings is 2. The third-order valence-electron chi connectivity index (χ3n) is 3.02. The second-order valence-electron chi connectivity index (χ2n) is 4.35. The SMILES string of the molecule is Cc1ccc(C#N)c(N(C)c2ccc(C#N)cc2)c1. The average Bonchev–Trinajstić information content (AvgIpc) is 2.46. The predicted molar refractivity (Wildman–Crippen MR) is 75.1 cm³/mol. The highest BCUT2D eigenvalue weighted by Gasteiger charge is 2.09. The van der Waals surface area contributed by atoms with Crippen molar-refractivity contribution in [2.24, 2.45) is 0 Å². The smallest absolute Gasteiger partial charge is 0.101 e. The van der Waals surface area contributed by atoms with Crippen LogP contribution in [0.2, 0.25) is 0 Å². The summed E-state index contributed by atoms with van der Waals surface area (Å²) in [5, 5.41) is 18.0. The van der Waals surface area contributed by atoms with Crippen molar-refractivity contribution in [1.82, 2.24) is 0 Å². The minimum Gasteiger partial charge on any atom is -0.344 e. The molecule has 0 N–H and O–H groups in total. The van der Waals surface area contributed by atoms with Gasteiger partial charge < -0.3 is 4.90 Å². The molecule has 3 heteroatoms. The summed E-state index contributed by atoms with van der Waals surface area (Å²) in [7, 11) is 1.91. The summed E-state index contributed by atoms with van der Waals surface area (Å²) in [5.74, 6) is 0. The fourth-order valence-corrected chi connectivity index (χ4v) is 1.91. The lowest BCUT2D eigenvalue weighted by molar-refractivity contribution is 1.19. The van der Waals surface area contributed by atoms with Crippen LogP contribution in [0.4, 0.5) is 11.4 Å². The predicted octanol–water partition coefficient (Wildman–Crippen LogP) is 3.51. The van der Waals surface area contributed by atoms with Gasteiger partial charge in [-0.25, -0.2) is 0 Å². The number of nitriles is 2. The van der Waals surface area contributed by atoms with Gasteiger partial charge in [-0.1, -0.05) is 6.07 Å². The summed E-state index contributed by atoms with van der Waals surface area (Å²) < 4.78 is 0. The standard InChI is InChI=1S/C16H13N3/c1-12-3-6-14(11-18)16(9-12)19(2)15-7-4-13(10-17)5-8-15/h3-9H,1-2H3. The van der Waals surface area contributed by atoms with Crippen LogP contribution >= 0.6 is 0 Å². The first-order valence-corrected chi connectivity index (χ1v) is 5.90. The van der Waals surface area contributed by atoms with Gasteiger partial charge in [0.2, 0.25) is 0 Å². The van der Waals surface area contributed by atoms with Gasteiger partial charge in [-0.3, -0.25) is 0 Å². The molecule has 2 rings (SSSR count). The molecule has 2 aromatic carbocycles. The Morgan fingerprint density at radius 2 is 1.63 bits per heavy atom. The number of rotatable bonds is 2. The number of aryl methyl sites for hydroxylation is 1. The van der Waals surface area contributed by atoms with E-state index in [4.69, 9.17) is 10.5 Å². The summed E-state index contributed by atoms with van der Waals surface area (Å²) in [5.41, 5.74) is 4.18. The third-order valence-corrected chi connectivity index (χ3v) is 3.02. The van der Waals surface area contributed by atoms with E-state index in [1.165, 1.54) is 0 Å². The summed E-state index contributed by atoms with van der Waals surface area (Å²) in [6.07, 6.45) is 0. The molecule has 0 fully saturated rings. The van der Waals surface area contributed by atoms with Gasteiger partial charge in [-0.2, -0.15) is 10.5 Å². The molecule has 0 radical (unpaired) electrons. The number of anilines is 2. The maximum Gasteiger partial charge on any atom is 0.101 e. The van der Waals surface area contributed by atoms with Crippen LogP contribution in [0.3, 0.4) is 0 Å². The molecule has 0 heterocycles. The minimum atomic E-state index is 0.627. The van der Waals surface area contributed by atoms with Crippen molar-refractivity contribution in [3.05, 3.63) is 59.2 Å². The quantitative estimate of drug-likeness (QED) is 0.816. The summed E-state index contributed by atoms with van der Waals surface area (Å²) in [6, 6.07) is 17.3. The van der Waals surface area contributed by atoms with E-state index in [1.54, 1.807) is 12.1 Å². The fourth-order valence-electron chi connectivity index (χ4n) is 1.91. The van der Waals surface area contributed by atoms with E-state index in [-0.39, 0.29) is 0 Å². The first-order chi connectivity index (χ1) is 9.15. The normalized spacial score (nSPS) is 9.47. The summed E-state index contributed by atoms with van der Waals surface area (Å²) in [4.78, 5) is 1.95. The Bertz CT molecular complexity index is 673. The molecule has 0 aliphatic rings. The van der Waals surface area contributed by atoms with E-state index >= 15 is 0 Å². The van der Waals surface area contributed by atoms with E-state index < -0.39 is 0 Å². The fraction of sp³-hybridized carbons (Fsp3) is 0.125. The van der Waals surface area contributed by atoms with Crippen LogP contribution in [0.5, 0.6) is 0 Å². The lowest BCUT2D eigenvalue weighted by Crippen LogP contribution is -2.11. The zero-order valence-electron chi connectivity index (χ0n) is 10.9. The molecule has 0 saturated heterocycles. The van der Waals surface area contributed by atoms with Crippen LogP contribution in [0.15, 0.2) is 42.5 Å². The highest BCUT2D eigenvalue weighted by atomic mass is 15.1. The molecule has 0 unspecified atom stereocenters. The molecule has 0 atom stereocenters. The molecule has 0 bridgehead atoms. The average molecular weight is 247 g/mol. The molecule has 0 aromatic heterocycles. The third kappa shape index (κ3) is 2.56. The lowest BCUT2D eigenvalue weighted by Gasteiger charge is -2.21. The zero-order valence-corrected chi connectivity index (χ0v) is 10.9. The van der Waals surface area contributed by atoms with Crippen LogP contribution in [-0.4, -0.2) is 7.05 Å². The maximum absolute atomic E-state index is 9.17. The molecular formula is C16H13N3. The van der Waals surface area contributed by atoms with E-state index in [9.17, 15) is 0 Å². The van der Waals surface area contributed by atoms with E-state index in [2.05, 4.69) is 12.1 Å². The molecule has 0 aliphatic heterocycles. The summed E-state index contributed by atoms with van der Waals surface area (Å²) >= 11 is 0. The van der Waals surface area contributed by atoms with Crippen molar-refractivity contribution < 1.29 is 0 Å². The lowest BCUT2D eigenvalue weighted by atomic mass is 10.1. The highest BCUT2D eigenvalue weighted by Crippen LogP contribution is 2.27. The highest BCUT2D eigenvalue weighted by molar-refractivity contribution is 5.69. The topological polar surface area (TPSA) is 50.8 Å².